The van der Waals surface area contributed by atoms with Gasteiger partial charge in [0.05, 0.1) is 17.3 Å². The van der Waals surface area contributed by atoms with E-state index in [4.69, 9.17) is 23.2 Å². The summed E-state index contributed by atoms with van der Waals surface area (Å²) in [4.78, 5) is 27.1. The van der Waals surface area contributed by atoms with Crippen LogP contribution in [0.3, 0.4) is 0 Å². The number of carbonyl (C=O) groups is 1. The fourth-order valence-corrected chi connectivity index (χ4v) is 3.09. The first kappa shape index (κ1) is 22.0. The number of hydroxylamine groups is 2. The molecule has 0 aliphatic heterocycles. The molecule has 3 aromatic rings. The van der Waals surface area contributed by atoms with Gasteiger partial charge in [-0.05, 0) is 36.4 Å². The Balaban J connectivity index is 1.98. The topological polar surface area (TPSA) is 91.2 Å². The van der Waals surface area contributed by atoms with Gasteiger partial charge in [-0.15, -0.1) is 5.10 Å². The number of halogens is 3. The number of carbonyl (C=O) groups excluding carboxylic acids is 1. The maximum atomic E-state index is 14.4. The molecule has 2 aromatic carbocycles. The molecule has 0 unspecified atom stereocenters. The number of hydrogen-bond acceptors (Lipinski definition) is 4. The minimum atomic E-state index is -0.844. The van der Waals surface area contributed by atoms with Crippen LogP contribution in [-0.4, -0.2) is 30.9 Å². The summed E-state index contributed by atoms with van der Waals surface area (Å²) in [7, 11) is 0. The van der Waals surface area contributed by atoms with Gasteiger partial charge in [0.15, 0.2) is 5.82 Å². The molecule has 30 heavy (non-hydrogen) atoms. The van der Waals surface area contributed by atoms with E-state index >= 15 is 0 Å². The Hall–Kier alpha value is -2.68. The Morgan fingerprint density at radius 3 is 2.47 bits per heavy atom. The Bertz CT molecular complexity index is 1150. The molecule has 0 saturated carbocycles. The number of nitrogens with one attached hydrogen (secondary N) is 1. The summed E-state index contributed by atoms with van der Waals surface area (Å²) < 4.78 is 15.5. The van der Waals surface area contributed by atoms with Gasteiger partial charge in [0.25, 0.3) is 5.91 Å². The molecule has 1 amide bonds. The number of hydrogen-bond donors (Lipinski definition) is 2. The lowest BCUT2D eigenvalue weighted by atomic mass is 9.95. The summed E-state index contributed by atoms with van der Waals surface area (Å²) in [6, 6.07) is 8.84. The zero-order valence-corrected chi connectivity index (χ0v) is 17.9. The van der Waals surface area contributed by atoms with Gasteiger partial charge in [0.1, 0.15) is 5.82 Å². The highest BCUT2D eigenvalue weighted by Crippen LogP contribution is 2.29. The number of aromatic nitrogens is 3. The van der Waals surface area contributed by atoms with Crippen molar-refractivity contribution in [2.24, 2.45) is 5.41 Å². The summed E-state index contributed by atoms with van der Waals surface area (Å²) in [5, 5.41) is 15.3. The smallest absolute Gasteiger partial charge is 0.288 e. The standard InChI is InChI=1S/C20H19Cl2FN4O3/c1-20(2,3)18(28)26(30)10-11-8-14(15(22)9-16(11)23)17-24-19(29)27(25-17)13-6-4-12(21)5-7-13/h4-9,30H,10H2,1-3H3,(H,24,25,29). The van der Waals surface area contributed by atoms with Crippen molar-refractivity contribution >= 4 is 29.1 Å². The van der Waals surface area contributed by atoms with Crippen molar-refractivity contribution in [1.82, 2.24) is 19.8 Å². The summed E-state index contributed by atoms with van der Waals surface area (Å²) in [6.07, 6.45) is 0. The largest absolute Gasteiger partial charge is 0.348 e. The molecule has 1 heterocycles. The second kappa shape index (κ2) is 8.22. The molecule has 10 heteroatoms. The van der Waals surface area contributed by atoms with Gasteiger partial charge < -0.3 is 0 Å². The molecule has 0 aliphatic carbocycles. The van der Waals surface area contributed by atoms with Gasteiger partial charge in [0.2, 0.25) is 0 Å². The highest BCUT2D eigenvalue weighted by Gasteiger charge is 2.27. The summed E-state index contributed by atoms with van der Waals surface area (Å²) >= 11 is 12.0. The average Bonchev–Trinajstić information content (AvgIpc) is 3.04. The van der Waals surface area contributed by atoms with Crippen molar-refractivity contribution in [3.63, 3.8) is 0 Å². The summed E-state index contributed by atoms with van der Waals surface area (Å²) in [6.45, 7) is 4.51. The molecule has 0 bridgehead atoms. The quantitative estimate of drug-likeness (QED) is 0.452. The number of benzene rings is 2. The highest BCUT2D eigenvalue weighted by molar-refractivity contribution is 6.33. The molecule has 7 nitrogen and oxygen atoms in total. The van der Waals surface area contributed by atoms with Gasteiger partial charge in [-0.3, -0.25) is 15.0 Å². The van der Waals surface area contributed by atoms with Crippen molar-refractivity contribution in [3.8, 4) is 17.1 Å². The van der Waals surface area contributed by atoms with Gasteiger partial charge in [-0.25, -0.2) is 14.2 Å². The summed E-state index contributed by atoms with van der Waals surface area (Å²) in [5.74, 6) is -1.17. The Morgan fingerprint density at radius 1 is 1.23 bits per heavy atom. The number of amides is 1. The van der Waals surface area contributed by atoms with Gasteiger partial charge in [-0.2, -0.15) is 4.68 Å². The molecule has 3 rings (SSSR count). The van der Waals surface area contributed by atoms with Crippen LogP contribution in [0.2, 0.25) is 10.0 Å². The van der Waals surface area contributed by atoms with Crippen molar-refractivity contribution in [3.05, 3.63) is 68.3 Å². The van der Waals surface area contributed by atoms with Crippen LogP contribution in [0.4, 0.5) is 4.39 Å². The third-order valence-electron chi connectivity index (χ3n) is 4.28. The van der Waals surface area contributed by atoms with Gasteiger partial charge >= 0.3 is 5.69 Å². The molecule has 0 aliphatic rings. The Labute approximate surface area is 181 Å². The molecule has 0 spiro atoms. The van der Waals surface area contributed by atoms with Crippen LogP contribution in [0.25, 0.3) is 17.1 Å². The fourth-order valence-electron chi connectivity index (χ4n) is 2.72. The molecule has 0 fully saturated rings. The SMILES string of the molecule is CC(C)(C)C(=O)N(O)Cc1cc(-c2nn(-c3ccc(Cl)cc3)c(=O)[nH]2)c(Cl)cc1F. The molecule has 2 N–H and O–H groups in total. The Kier molecular flexibility index (Phi) is 6.03. The third kappa shape index (κ3) is 4.56. The third-order valence-corrected chi connectivity index (χ3v) is 4.84. The maximum absolute atomic E-state index is 14.4. The molecular formula is C20H19Cl2FN4O3. The molecule has 0 radical (unpaired) electrons. The zero-order chi connectivity index (χ0) is 22.2. The number of nitrogens with zero attached hydrogens (tertiary/aromatic N) is 3. The minimum absolute atomic E-state index is 0.0105. The maximum Gasteiger partial charge on any atom is 0.348 e. The van der Waals surface area contributed by atoms with E-state index < -0.39 is 29.4 Å². The van der Waals surface area contributed by atoms with Crippen LogP contribution in [0.15, 0.2) is 41.2 Å². The lowest BCUT2D eigenvalue weighted by Crippen LogP contribution is -2.36. The zero-order valence-electron chi connectivity index (χ0n) is 16.4. The molecule has 0 saturated heterocycles. The van der Waals surface area contributed by atoms with E-state index in [0.29, 0.717) is 15.8 Å². The van der Waals surface area contributed by atoms with Crippen LogP contribution < -0.4 is 5.69 Å². The average molecular weight is 453 g/mol. The van der Waals surface area contributed by atoms with E-state index in [0.717, 1.165) is 10.7 Å². The predicted molar refractivity (Wildman–Crippen MR) is 111 cm³/mol. The predicted octanol–water partition coefficient (Wildman–Crippen LogP) is 4.44. The molecular weight excluding hydrogens is 434 g/mol. The van der Waals surface area contributed by atoms with Crippen LogP contribution in [-0.2, 0) is 11.3 Å². The molecule has 1 aromatic heterocycles. The number of rotatable bonds is 4. The van der Waals surface area contributed by atoms with Crippen LogP contribution in [0.1, 0.15) is 26.3 Å². The first-order valence-electron chi connectivity index (χ1n) is 8.92. The fraction of sp³-hybridized carbons (Fsp3) is 0.250. The van der Waals surface area contributed by atoms with Gasteiger partial charge in [0, 0.05) is 21.6 Å². The van der Waals surface area contributed by atoms with E-state index in [1.165, 1.54) is 6.07 Å². The first-order valence-corrected chi connectivity index (χ1v) is 9.67. The lowest BCUT2D eigenvalue weighted by Gasteiger charge is -2.24. The van der Waals surface area contributed by atoms with Crippen molar-refractivity contribution in [2.75, 3.05) is 0 Å². The summed E-state index contributed by atoms with van der Waals surface area (Å²) in [5.41, 5.74) is -0.641. The van der Waals surface area contributed by atoms with Gasteiger partial charge in [-0.1, -0.05) is 44.0 Å². The normalized spacial score (nSPS) is 11.6. The van der Waals surface area contributed by atoms with Crippen LogP contribution in [0, 0.1) is 11.2 Å². The second-order valence-electron chi connectivity index (χ2n) is 7.70. The Morgan fingerprint density at radius 2 is 1.87 bits per heavy atom. The monoisotopic (exact) mass is 452 g/mol. The van der Waals surface area contributed by atoms with E-state index in [2.05, 4.69) is 10.1 Å². The highest BCUT2D eigenvalue weighted by atomic mass is 35.5. The first-order chi connectivity index (χ1) is 14.0. The molecule has 158 valence electrons. The van der Waals surface area contributed by atoms with E-state index in [-0.39, 0.29) is 22.0 Å². The van der Waals surface area contributed by atoms with E-state index in [1.54, 1.807) is 45.0 Å². The van der Waals surface area contributed by atoms with Crippen molar-refractivity contribution in [2.45, 2.75) is 27.3 Å². The second-order valence-corrected chi connectivity index (χ2v) is 8.55. The van der Waals surface area contributed by atoms with E-state index in [1.807, 2.05) is 0 Å². The number of H-pyrrole nitrogens is 1. The van der Waals surface area contributed by atoms with E-state index in [9.17, 15) is 19.2 Å². The van der Waals surface area contributed by atoms with Crippen LogP contribution in [0.5, 0.6) is 0 Å². The van der Waals surface area contributed by atoms with Crippen molar-refractivity contribution in [1.29, 1.82) is 0 Å². The molecule has 0 atom stereocenters. The van der Waals surface area contributed by atoms with Crippen LogP contribution >= 0.6 is 23.2 Å². The van der Waals surface area contributed by atoms with Crippen molar-refractivity contribution < 1.29 is 14.4 Å². The minimum Gasteiger partial charge on any atom is -0.288 e. The number of aromatic amines is 1. The lowest BCUT2D eigenvalue weighted by molar-refractivity contribution is -0.177.